The second-order valence-corrected chi connectivity index (χ2v) is 3.18. The number of nitrogens with zero attached hydrogens (tertiary/aromatic N) is 2. The number of aliphatic hydroxyl groups excluding tert-OH is 1. The molecule has 0 amide bonds. The van der Waals surface area contributed by atoms with Crippen LogP contribution in [0.5, 0.6) is 0 Å². The first-order chi connectivity index (χ1) is 4.93. The monoisotopic (exact) mass is 195 g/mol. The quantitative estimate of drug-likeness (QED) is 0.603. The van der Waals surface area contributed by atoms with Gasteiger partial charge in [0.25, 0.3) is 0 Å². The highest BCUT2D eigenvalue weighted by Gasteiger charge is 2.33. The van der Waals surface area contributed by atoms with E-state index in [0.717, 1.165) is 0 Å². The Kier molecular flexibility index (Phi) is 3.32. The molecule has 12 heavy (non-hydrogen) atoms. The van der Waals surface area contributed by atoms with Gasteiger partial charge in [0, 0.05) is 7.05 Å². The average molecular weight is 196 g/mol. The van der Waals surface area contributed by atoms with E-state index < -0.39 is 12.0 Å². The first-order valence-corrected chi connectivity index (χ1v) is 3.37. The van der Waals surface area contributed by atoms with Crippen LogP contribution in [0.15, 0.2) is 5.16 Å². The highest BCUT2D eigenvalue weighted by molar-refractivity contribution is 5.90. The molecule has 0 bridgehead atoms. The number of aliphatic hydroxyl groups is 1. The molecule has 72 valence electrons. The van der Waals surface area contributed by atoms with Crippen molar-refractivity contribution in [2.75, 3.05) is 7.05 Å². The summed E-state index contributed by atoms with van der Waals surface area (Å²) in [5.74, 6) is 0.546. The third-order valence-corrected chi connectivity index (χ3v) is 1.48. The Bertz CT molecular complexity index is 190. The van der Waals surface area contributed by atoms with E-state index in [1.165, 1.54) is 4.90 Å². The molecule has 0 radical (unpaired) electrons. The molecule has 0 aromatic heterocycles. The highest BCUT2D eigenvalue weighted by Crippen LogP contribution is 2.14. The van der Waals surface area contributed by atoms with Gasteiger partial charge < -0.3 is 15.7 Å². The lowest BCUT2D eigenvalue weighted by molar-refractivity contribution is -0.138. The number of oxime groups is 1. The molecule has 5 nitrogen and oxygen atoms in total. The summed E-state index contributed by atoms with van der Waals surface area (Å²) >= 11 is 0. The van der Waals surface area contributed by atoms with E-state index in [1.54, 1.807) is 20.9 Å². The van der Waals surface area contributed by atoms with Gasteiger partial charge in [0.05, 0.1) is 5.54 Å². The van der Waals surface area contributed by atoms with E-state index in [4.69, 9.17) is 10.8 Å². The third-order valence-electron chi connectivity index (χ3n) is 1.48. The SMILES string of the molecule is CN1C(C(C)(C)N)=NOC1O.Cl. The maximum absolute atomic E-state index is 9.07. The number of likely N-dealkylation sites (N-methyl/N-ethyl adjacent to an activating group) is 1. The first kappa shape index (κ1) is 11.5. The number of nitrogens with two attached hydrogens (primary N) is 1. The van der Waals surface area contributed by atoms with E-state index in [-0.39, 0.29) is 12.4 Å². The van der Waals surface area contributed by atoms with Gasteiger partial charge in [-0.3, -0.25) is 4.90 Å². The molecule has 1 aliphatic rings. The van der Waals surface area contributed by atoms with Crippen molar-refractivity contribution in [3.8, 4) is 0 Å². The lowest BCUT2D eigenvalue weighted by Gasteiger charge is -2.24. The van der Waals surface area contributed by atoms with Gasteiger partial charge >= 0.3 is 6.41 Å². The summed E-state index contributed by atoms with van der Waals surface area (Å²) in [7, 11) is 1.67. The summed E-state index contributed by atoms with van der Waals surface area (Å²) in [5.41, 5.74) is 5.15. The predicted octanol–water partition coefficient (Wildman–Crippen LogP) is -0.303. The molecule has 0 fully saturated rings. The Morgan fingerprint density at radius 1 is 1.67 bits per heavy atom. The van der Waals surface area contributed by atoms with Crippen LogP contribution in [-0.4, -0.2) is 34.8 Å². The van der Waals surface area contributed by atoms with Crippen LogP contribution in [0.2, 0.25) is 0 Å². The minimum absolute atomic E-state index is 0. The van der Waals surface area contributed by atoms with Crippen LogP contribution < -0.4 is 5.73 Å². The zero-order chi connectivity index (χ0) is 8.65. The molecule has 6 heteroatoms. The highest BCUT2D eigenvalue weighted by atomic mass is 35.5. The molecule has 1 heterocycles. The van der Waals surface area contributed by atoms with E-state index in [1.807, 2.05) is 0 Å². The van der Waals surface area contributed by atoms with Gasteiger partial charge in [0.1, 0.15) is 0 Å². The third kappa shape index (κ3) is 2.00. The number of rotatable bonds is 1. The topological polar surface area (TPSA) is 71.1 Å². The number of hydrogen-bond acceptors (Lipinski definition) is 5. The van der Waals surface area contributed by atoms with Crippen molar-refractivity contribution < 1.29 is 9.94 Å². The second-order valence-electron chi connectivity index (χ2n) is 3.18. The van der Waals surface area contributed by atoms with Crippen molar-refractivity contribution in [3.05, 3.63) is 0 Å². The minimum atomic E-state index is -0.993. The van der Waals surface area contributed by atoms with Crippen LogP contribution in [-0.2, 0) is 4.84 Å². The van der Waals surface area contributed by atoms with Crippen molar-refractivity contribution in [1.82, 2.24) is 4.90 Å². The Hall–Kier alpha value is -0.520. The molecule has 1 rings (SSSR count). The maximum atomic E-state index is 9.07. The van der Waals surface area contributed by atoms with Crippen molar-refractivity contribution in [2.24, 2.45) is 10.9 Å². The van der Waals surface area contributed by atoms with Crippen LogP contribution >= 0.6 is 12.4 Å². The van der Waals surface area contributed by atoms with Gasteiger partial charge in [0.2, 0.25) is 0 Å². The summed E-state index contributed by atoms with van der Waals surface area (Å²) in [6.45, 7) is 3.59. The zero-order valence-corrected chi connectivity index (χ0v) is 8.13. The fourth-order valence-corrected chi connectivity index (χ4v) is 0.909. The zero-order valence-electron chi connectivity index (χ0n) is 7.31. The number of halogens is 1. The molecular weight excluding hydrogens is 182 g/mol. The summed E-state index contributed by atoms with van der Waals surface area (Å²) in [6.07, 6.45) is -0.993. The largest absolute Gasteiger partial charge is 0.340 e. The number of hydrogen-bond donors (Lipinski definition) is 2. The van der Waals surface area contributed by atoms with E-state index in [0.29, 0.717) is 5.84 Å². The molecule has 0 saturated carbocycles. The first-order valence-electron chi connectivity index (χ1n) is 3.37. The van der Waals surface area contributed by atoms with Gasteiger partial charge in [-0.1, -0.05) is 5.16 Å². The van der Waals surface area contributed by atoms with Crippen molar-refractivity contribution in [2.45, 2.75) is 25.8 Å². The molecule has 0 aromatic rings. The minimum Gasteiger partial charge on any atom is -0.340 e. The molecule has 0 aliphatic carbocycles. The van der Waals surface area contributed by atoms with Gasteiger partial charge in [0.15, 0.2) is 5.84 Å². The van der Waals surface area contributed by atoms with E-state index in [9.17, 15) is 0 Å². The van der Waals surface area contributed by atoms with Gasteiger partial charge in [-0.15, -0.1) is 12.4 Å². The standard InChI is InChI=1S/C6H13N3O2.ClH/c1-6(2,7)4-8-11-5(10)9(4)3;/h5,10H,7H2,1-3H3;1H. The van der Waals surface area contributed by atoms with E-state index >= 15 is 0 Å². The van der Waals surface area contributed by atoms with Crippen LogP contribution in [0.4, 0.5) is 0 Å². The summed E-state index contributed by atoms with van der Waals surface area (Å²) in [4.78, 5) is 6.08. The molecule has 0 saturated heterocycles. The Morgan fingerprint density at radius 3 is 2.33 bits per heavy atom. The average Bonchev–Trinajstić information content (AvgIpc) is 2.11. The molecule has 1 unspecified atom stereocenters. The van der Waals surface area contributed by atoms with Gasteiger partial charge in [-0.25, -0.2) is 0 Å². The fourth-order valence-electron chi connectivity index (χ4n) is 0.909. The van der Waals surface area contributed by atoms with E-state index in [2.05, 4.69) is 9.99 Å². The molecule has 1 aliphatic heterocycles. The smallest absolute Gasteiger partial charge is 0.306 e. The second kappa shape index (κ2) is 3.47. The number of amidine groups is 1. The normalized spacial score (nSPS) is 22.9. The van der Waals surface area contributed by atoms with Crippen molar-refractivity contribution >= 4 is 18.2 Å². The summed E-state index contributed by atoms with van der Waals surface area (Å²) in [6, 6.07) is 0. The maximum Gasteiger partial charge on any atom is 0.306 e. The Balaban J connectivity index is 0.00000121. The lowest BCUT2D eigenvalue weighted by atomic mass is 10.1. The van der Waals surface area contributed by atoms with Crippen LogP contribution in [0.3, 0.4) is 0 Å². The summed E-state index contributed by atoms with van der Waals surface area (Å²) < 4.78 is 0. The van der Waals surface area contributed by atoms with Crippen molar-refractivity contribution in [1.29, 1.82) is 0 Å². The van der Waals surface area contributed by atoms with Crippen LogP contribution in [0.25, 0.3) is 0 Å². The molecule has 3 N–H and O–H groups in total. The fraction of sp³-hybridized carbons (Fsp3) is 0.833. The molecular formula is C6H14ClN3O2. The predicted molar refractivity (Wildman–Crippen MR) is 47.8 cm³/mol. The Morgan fingerprint density at radius 2 is 2.17 bits per heavy atom. The molecule has 0 spiro atoms. The molecule has 1 atom stereocenters. The van der Waals surface area contributed by atoms with Crippen LogP contribution in [0.1, 0.15) is 13.8 Å². The van der Waals surface area contributed by atoms with Crippen LogP contribution in [0, 0.1) is 0 Å². The lowest BCUT2D eigenvalue weighted by Crippen LogP contribution is -2.49. The van der Waals surface area contributed by atoms with Gasteiger partial charge in [-0.05, 0) is 13.8 Å². The van der Waals surface area contributed by atoms with Crippen molar-refractivity contribution in [3.63, 3.8) is 0 Å². The summed E-state index contributed by atoms with van der Waals surface area (Å²) in [5, 5.41) is 12.7. The van der Waals surface area contributed by atoms with Gasteiger partial charge in [-0.2, -0.15) is 0 Å². The molecule has 0 aromatic carbocycles. The Labute approximate surface area is 77.6 Å².